The van der Waals surface area contributed by atoms with Crippen molar-refractivity contribution >= 4 is 17.3 Å². The number of aromatic nitrogens is 1. The highest BCUT2D eigenvalue weighted by molar-refractivity contribution is 7.09. The van der Waals surface area contributed by atoms with Crippen LogP contribution in [0, 0.1) is 6.92 Å². The summed E-state index contributed by atoms with van der Waals surface area (Å²) in [4.78, 5) is 9.71. The maximum atomic E-state index is 4.24. The predicted molar refractivity (Wildman–Crippen MR) is 85.2 cm³/mol. The van der Waals surface area contributed by atoms with Crippen molar-refractivity contribution in [1.29, 1.82) is 0 Å². The zero-order chi connectivity index (χ0) is 14.2. The molecule has 1 heterocycles. The molecule has 0 aliphatic rings. The van der Waals surface area contributed by atoms with E-state index in [1.165, 1.54) is 10.4 Å². The summed E-state index contributed by atoms with van der Waals surface area (Å²) in [5.74, 6) is 0.828. The summed E-state index contributed by atoms with van der Waals surface area (Å²) in [5, 5.41) is 6.63. The van der Waals surface area contributed by atoms with E-state index in [0.717, 1.165) is 31.2 Å². The van der Waals surface area contributed by atoms with E-state index >= 15 is 0 Å². The molecule has 1 aromatic heterocycles. The third-order valence-electron chi connectivity index (χ3n) is 3.03. The molecule has 106 valence electrons. The predicted octanol–water partition coefficient (Wildman–Crippen LogP) is 2.36. The van der Waals surface area contributed by atoms with Gasteiger partial charge in [-0.2, -0.15) is 0 Å². The Labute approximate surface area is 124 Å². The first-order chi connectivity index (χ1) is 9.79. The molecule has 20 heavy (non-hydrogen) atoms. The number of thiazole rings is 1. The van der Waals surface area contributed by atoms with Gasteiger partial charge < -0.3 is 10.6 Å². The number of benzene rings is 1. The molecule has 5 heteroatoms. The molecule has 1 aromatic carbocycles. The first-order valence-corrected chi connectivity index (χ1v) is 7.55. The summed E-state index contributed by atoms with van der Waals surface area (Å²) >= 11 is 1.67. The quantitative estimate of drug-likeness (QED) is 0.656. The van der Waals surface area contributed by atoms with E-state index < -0.39 is 0 Å². The summed E-state index contributed by atoms with van der Waals surface area (Å²) in [5.41, 5.74) is 4.29. The highest BCUT2D eigenvalue weighted by Gasteiger charge is 2.02. The number of hydrogen-bond donors (Lipinski definition) is 2. The van der Waals surface area contributed by atoms with E-state index in [4.69, 9.17) is 0 Å². The van der Waals surface area contributed by atoms with Gasteiger partial charge >= 0.3 is 0 Å². The Morgan fingerprint density at radius 2 is 2.05 bits per heavy atom. The van der Waals surface area contributed by atoms with Crippen LogP contribution in [0.25, 0.3) is 0 Å². The van der Waals surface area contributed by atoms with Gasteiger partial charge in [-0.15, -0.1) is 11.3 Å². The topological polar surface area (TPSA) is 49.3 Å². The fraction of sp³-hybridized carbons (Fsp3) is 0.333. The van der Waals surface area contributed by atoms with Crippen molar-refractivity contribution < 1.29 is 0 Å². The first-order valence-electron chi connectivity index (χ1n) is 6.67. The lowest BCUT2D eigenvalue weighted by Crippen LogP contribution is -2.37. The van der Waals surface area contributed by atoms with Gasteiger partial charge in [-0.3, -0.25) is 4.99 Å². The van der Waals surface area contributed by atoms with Gasteiger partial charge in [0.05, 0.1) is 17.7 Å². The second-order valence-corrected chi connectivity index (χ2v) is 5.39. The highest BCUT2D eigenvalue weighted by Crippen LogP contribution is 2.10. The van der Waals surface area contributed by atoms with Crippen LogP contribution < -0.4 is 10.6 Å². The van der Waals surface area contributed by atoms with Gasteiger partial charge in [0.1, 0.15) is 0 Å². The standard InChI is InChI=1S/C15H20N4S/c1-12-14(20-11-19-12)10-18-15(16-2)17-9-8-13-6-4-3-5-7-13/h3-7,11H,8-10H2,1-2H3,(H2,16,17,18). The van der Waals surface area contributed by atoms with Gasteiger partial charge in [0.2, 0.25) is 0 Å². The summed E-state index contributed by atoms with van der Waals surface area (Å²) < 4.78 is 0. The molecular formula is C15H20N4S. The minimum Gasteiger partial charge on any atom is -0.356 e. The van der Waals surface area contributed by atoms with Crippen molar-refractivity contribution in [2.45, 2.75) is 19.9 Å². The molecule has 2 aromatic rings. The SMILES string of the molecule is CN=C(NCCc1ccccc1)NCc1scnc1C. The van der Waals surface area contributed by atoms with Crippen LogP contribution in [0.4, 0.5) is 0 Å². The van der Waals surface area contributed by atoms with Crippen LogP contribution in [0.2, 0.25) is 0 Å². The number of nitrogens with zero attached hydrogens (tertiary/aromatic N) is 2. The molecule has 0 fully saturated rings. The van der Waals surface area contributed by atoms with Crippen molar-refractivity contribution in [3.05, 3.63) is 52.0 Å². The number of nitrogens with one attached hydrogen (secondary N) is 2. The smallest absolute Gasteiger partial charge is 0.191 e. The van der Waals surface area contributed by atoms with Crippen LogP contribution in [-0.4, -0.2) is 24.5 Å². The first kappa shape index (κ1) is 14.5. The van der Waals surface area contributed by atoms with Crippen molar-refractivity contribution in [2.75, 3.05) is 13.6 Å². The Hall–Kier alpha value is -1.88. The number of guanidine groups is 1. The molecule has 0 aliphatic carbocycles. The number of rotatable bonds is 5. The Morgan fingerprint density at radius 3 is 2.70 bits per heavy atom. The molecule has 4 nitrogen and oxygen atoms in total. The maximum absolute atomic E-state index is 4.24. The lowest BCUT2D eigenvalue weighted by atomic mass is 10.1. The molecule has 2 N–H and O–H groups in total. The summed E-state index contributed by atoms with van der Waals surface area (Å²) in [6.07, 6.45) is 0.987. The Balaban J connectivity index is 1.74. The van der Waals surface area contributed by atoms with Gasteiger partial charge in [0, 0.05) is 18.5 Å². The molecule has 0 unspecified atom stereocenters. The molecule has 0 spiro atoms. The van der Waals surface area contributed by atoms with Gasteiger partial charge in [-0.25, -0.2) is 4.98 Å². The fourth-order valence-electron chi connectivity index (χ4n) is 1.85. The van der Waals surface area contributed by atoms with Crippen LogP contribution in [0.15, 0.2) is 40.8 Å². The van der Waals surface area contributed by atoms with Crippen molar-refractivity contribution in [3.8, 4) is 0 Å². The zero-order valence-electron chi connectivity index (χ0n) is 11.9. The van der Waals surface area contributed by atoms with E-state index in [1.807, 2.05) is 18.5 Å². The monoisotopic (exact) mass is 288 g/mol. The van der Waals surface area contributed by atoms with Crippen LogP contribution >= 0.6 is 11.3 Å². The minimum atomic E-state index is 0.765. The van der Waals surface area contributed by atoms with Crippen LogP contribution in [0.3, 0.4) is 0 Å². The third-order valence-corrected chi connectivity index (χ3v) is 3.97. The summed E-state index contributed by atoms with van der Waals surface area (Å²) in [6, 6.07) is 10.4. The van der Waals surface area contributed by atoms with Gasteiger partial charge in [-0.1, -0.05) is 30.3 Å². The van der Waals surface area contributed by atoms with Gasteiger partial charge in [0.25, 0.3) is 0 Å². The molecule has 0 saturated carbocycles. The lowest BCUT2D eigenvalue weighted by Gasteiger charge is -2.11. The Bertz CT molecular complexity index is 548. The molecule has 0 amide bonds. The van der Waals surface area contributed by atoms with E-state index in [-0.39, 0.29) is 0 Å². The van der Waals surface area contributed by atoms with Crippen molar-refractivity contribution in [2.24, 2.45) is 4.99 Å². The van der Waals surface area contributed by atoms with Gasteiger partial charge in [0.15, 0.2) is 5.96 Å². The summed E-state index contributed by atoms with van der Waals surface area (Å²) in [6.45, 7) is 3.66. The molecule has 0 atom stereocenters. The van der Waals surface area contributed by atoms with Crippen LogP contribution in [0.5, 0.6) is 0 Å². The zero-order valence-corrected chi connectivity index (χ0v) is 12.7. The number of hydrogen-bond acceptors (Lipinski definition) is 3. The normalized spacial score (nSPS) is 11.4. The van der Waals surface area contributed by atoms with Crippen molar-refractivity contribution in [3.63, 3.8) is 0 Å². The second kappa shape index (κ2) is 7.65. The Morgan fingerprint density at radius 1 is 1.25 bits per heavy atom. The average molecular weight is 288 g/mol. The maximum Gasteiger partial charge on any atom is 0.191 e. The Kier molecular flexibility index (Phi) is 5.55. The van der Waals surface area contributed by atoms with E-state index in [0.29, 0.717) is 0 Å². The average Bonchev–Trinajstić information content (AvgIpc) is 2.89. The molecule has 0 aliphatic heterocycles. The molecule has 2 rings (SSSR count). The van der Waals surface area contributed by atoms with Gasteiger partial charge in [-0.05, 0) is 18.9 Å². The largest absolute Gasteiger partial charge is 0.356 e. The summed E-state index contributed by atoms with van der Waals surface area (Å²) in [7, 11) is 1.79. The van der Waals surface area contributed by atoms with E-state index in [9.17, 15) is 0 Å². The molecule has 0 bridgehead atoms. The molecular weight excluding hydrogens is 268 g/mol. The van der Waals surface area contributed by atoms with Crippen LogP contribution in [0.1, 0.15) is 16.1 Å². The van der Waals surface area contributed by atoms with Crippen molar-refractivity contribution in [1.82, 2.24) is 15.6 Å². The minimum absolute atomic E-state index is 0.765. The van der Waals surface area contributed by atoms with Crippen LogP contribution in [-0.2, 0) is 13.0 Å². The molecule has 0 radical (unpaired) electrons. The molecule has 0 saturated heterocycles. The second-order valence-electron chi connectivity index (χ2n) is 4.45. The van der Waals surface area contributed by atoms with E-state index in [1.54, 1.807) is 18.4 Å². The lowest BCUT2D eigenvalue weighted by molar-refractivity contribution is 0.796. The highest BCUT2D eigenvalue weighted by atomic mass is 32.1. The van der Waals surface area contributed by atoms with E-state index in [2.05, 4.69) is 44.9 Å². The third kappa shape index (κ3) is 4.35. The fourth-order valence-corrected chi connectivity index (χ4v) is 2.57. The number of aryl methyl sites for hydroxylation is 1. The number of aliphatic imine (C=N–C) groups is 1.